The van der Waals surface area contributed by atoms with Gasteiger partial charge in [-0.15, -0.1) is 0 Å². The molecule has 23 heteroatoms. The Hall–Kier alpha value is -6.69. The zero-order valence-corrected chi connectivity index (χ0v) is 33.4. The molecule has 1 amide bonds. The molecule has 1 saturated heterocycles. The van der Waals surface area contributed by atoms with Gasteiger partial charge in [0.15, 0.2) is 0 Å². The largest absolute Gasteiger partial charge is 0.488 e. The molecule has 1 aliphatic heterocycles. The van der Waals surface area contributed by atoms with E-state index in [1.807, 2.05) is 9.62 Å². The van der Waals surface area contributed by atoms with E-state index in [0.29, 0.717) is 30.0 Å². The number of hydrogen-bond donors (Lipinski definition) is 4. The highest BCUT2D eigenvalue weighted by Gasteiger charge is 2.30. The van der Waals surface area contributed by atoms with Crippen LogP contribution in [0.25, 0.3) is 11.4 Å². The molecule has 0 atom stereocenters. The van der Waals surface area contributed by atoms with E-state index in [0.717, 1.165) is 18.6 Å². The summed E-state index contributed by atoms with van der Waals surface area (Å²) in [6, 6.07) is 18.3. The van der Waals surface area contributed by atoms with Gasteiger partial charge in [-0.1, -0.05) is 6.07 Å². The Morgan fingerprint density at radius 2 is 1.23 bits per heavy atom. The number of aromatic carboxylic acids is 1. The molecule has 2 aromatic heterocycles. The van der Waals surface area contributed by atoms with E-state index in [1.165, 1.54) is 101 Å². The molecule has 0 aliphatic carbocycles. The number of nitrogens with one attached hydrogen (secondary N) is 3. The lowest BCUT2D eigenvalue weighted by atomic mass is 10.1. The van der Waals surface area contributed by atoms with Gasteiger partial charge in [-0.25, -0.2) is 52.9 Å². The van der Waals surface area contributed by atoms with Crippen LogP contribution in [0.3, 0.4) is 0 Å². The molecule has 4 N–H and O–H groups in total. The molecule has 0 spiro atoms. The molecule has 6 aromatic rings. The van der Waals surface area contributed by atoms with E-state index in [9.17, 15) is 48.7 Å². The highest BCUT2D eigenvalue weighted by atomic mass is 32.2. The smallest absolute Gasteiger partial charge is 0.337 e. The number of carbonyl (C=O) groups is 2. The molecule has 0 radical (unpaired) electrons. The van der Waals surface area contributed by atoms with Gasteiger partial charge in [0.1, 0.15) is 33.3 Å². The van der Waals surface area contributed by atoms with Crippen LogP contribution in [0.5, 0.6) is 5.75 Å². The minimum atomic E-state index is -4.39. The zero-order chi connectivity index (χ0) is 43.0. The molecule has 0 unspecified atom stereocenters. The fourth-order valence-electron chi connectivity index (χ4n) is 6.00. The number of carboxylic acid groups (broad SMARTS) is 1. The third-order valence-electron chi connectivity index (χ3n) is 8.87. The van der Waals surface area contributed by atoms with Crippen LogP contribution in [0.4, 0.5) is 20.2 Å². The van der Waals surface area contributed by atoms with Crippen molar-refractivity contribution in [3.63, 3.8) is 0 Å². The average Bonchev–Trinajstić information content (AvgIpc) is 3.87. The fraction of sp³-hybridized carbons (Fsp3) is 0.135. The third-order valence-corrected chi connectivity index (χ3v) is 12.1. The van der Waals surface area contributed by atoms with Gasteiger partial charge < -0.3 is 9.84 Å². The van der Waals surface area contributed by atoms with Gasteiger partial charge in [-0.2, -0.15) is 10.2 Å². The predicted octanol–water partition coefficient (Wildman–Crippen LogP) is 3.59. The van der Waals surface area contributed by atoms with Crippen molar-refractivity contribution in [2.45, 2.75) is 22.4 Å². The van der Waals surface area contributed by atoms with Gasteiger partial charge in [0, 0.05) is 19.6 Å². The van der Waals surface area contributed by atoms with Crippen molar-refractivity contribution in [3.05, 3.63) is 138 Å². The van der Waals surface area contributed by atoms with Crippen LogP contribution in [-0.4, -0.2) is 92.1 Å². The van der Waals surface area contributed by atoms with E-state index in [4.69, 9.17) is 4.74 Å². The summed E-state index contributed by atoms with van der Waals surface area (Å²) >= 11 is 0. The van der Waals surface area contributed by atoms with Gasteiger partial charge in [-0.05, 0) is 84.4 Å². The second kappa shape index (κ2) is 16.2. The number of hydrogen-bond acceptors (Lipinski definition) is 12. The normalized spacial score (nSPS) is 13.7. The van der Waals surface area contributed by atoms with Gasteiger partial charge in [-0.3, -0.25) is 19.1 Å². The molecular weight excluding hydrogens is 851 g/mol. The number of likely N-dealkylation sites (tertiary alicyclic amines) is 1. The van der Waals surface area contributed by atoms with E-state index in [2.05, 4.69) is 19.6 Å². The van der Waals surface area contributed by atoms with Crippen LogP contribution in [0.15, 0.2) is 120 Å². The number of rotatable bonds is 15. The lowest BCUT2D eigenvalue weighted by Crippen LogP contribution is -2.53. The second-order valence-corrected chi connectivity index (χ2v) is 18.5. The maximum atomic E-state index is 13.4. The van der Waals surface area contributed by atoms with Crippen LogP contribution in [0, 0.1) is 11.6 Å². The monoisotopic (exact) mass is 882 g/mol. The Bertz CT molecular complexity index is 2960. The summed E-state index contributed by atoms with van der Waals surface area (Å²) in [5.41, 5.74) is 0.172. The molecule has 60 heavy (non-hydrogen) atoms. The van der Waals surface area contributed by atoms with Gasteiger partial charge in [0.05, 0.1) is 64.9 Å². The number of benzene rings is 4. The van der Waals surface area contributed by atoms with E-state index in [-0.39, 0.29) is 44.6 Å². The molecule has 312 valence electrons. The number of carbonyl (C=O) groups excluding carboxylic acids is 1. The van der Waals surface area contributed by atoms with Crippen molar-refractivity contribution < 1.29 is 53.5 Å². The number of amides is 1. The minimum Gasteiger partial charge on any atom is -0.488 e. The quantitative estimate of drug-likeness (QED) is 0.115. The number of nitrogens with zero attached hydrogens (tertiary/aromatic N) is 5. The van der Waals surface area contributed by atoms with Crippen LogP contribution >= 0.6 is 0 Å². The van der Waals surface area contributed by atoms with Gasteiger partial charge in [0.2, 0.25) is 10.0 Å². The van der Waals surface area contributed by atoms with Gasteiger partial charge in [0.25, 0.3) is 26.0 Å². The van der Waals surface area contributed by atoms with Crippen LogP contribution < -0.4 is 18.9 Å². The van der Waals surface area contributed by atoms with Crippen LogP contribution in [0.2, 0.25) is 0 Å². The van der Waals surface area contributed by atoms with Crippen molar-refractivity contribution in [2.24, 2.45) is 0 Å². The molecule has 3 heterocycles. The number of sulfonamides is 3. The Labute approximate surface area is 341 Å². The first kappa shape index (κ1) is 41.5. The van der Waals surface area contributed by atoms with Crippen LogP contribution in [0.1, 0.15) is 26.3 Å². The molecule has 0 saturated carbocycles. The third kappa shape index (κ3) is 9.60. The molecular formula is C37H32F2N8O10S3. The Kier molecular flexibility index (Phi) is 11.2. The lowest BCUT2D eigenvalue weighted by Gasteiger charge is -2.39. The summed E-state index contributed by atoms with van der Waals surface area (Å²) in [4.78, 5) is 26.6. The van der Waals surface area contributed by atoms with Crippen molar-refractivity contribution in [1.29, 1.82) is 0 Å². The first-order valence-electron chi connectivity index (χ1n) is 17.4. The average molecular weight is 883 g/mol. The Morgan fingerprint density at radius 3 is 1.73 bits per heavy atom. The van der Waals surface area contributed by atoms with E-state index < -0.39 is 59.7 Å². The summed E-state index contributed by atoms with van der Waals surface area (Å²) in [6.45, 7) is 0.899. The van der Waals surface area contributed by atoms with E-state index >= 15 is 0 Å². The standard InChI is InChI=1S/C37H32F2N8O10S3/c1-58(51,52)44-36(48)32-15-28(11-13-34(32)42-59(53,54)30-16-40-46(21-30)26-7-3-24(38)4-8-26)57-29-19-45(20-29)18-23-2-12-35(33(14-23)37(49)50)43-60(55,56)31-17-41-47(22-31)27-9-5-25(39)6-10-27/h2-17,21-22,29,42-43H,18-20H2,1H3,(H,44,48)(H,49,50). The summed E-state index contributed by atoms with van der Waals surface area (Å²) in [5.74, 6) is -3.40. The lowest BCUT2D eigenvalue weighted by molar-refractivity contribution is 0.0145. The topological polar surface area (TPSA) is 241 Å². The minimum absolute atomic E-state index is 0.110. The number of carboxylic acids is 1. The Morgan fingerprint density at radius 1 is 0.733 bits per heavy atom. The van der Waals surface area contributed by atoms with Crippen molar-refractivity contribution in [1.82, 2.24) is 29.2 Å². The maximum Gasteiger partial charge on any atom is 0.337 e. The molecule has 4 aromatic carbocycles. The number of aromatic nitrogens is 4. The predicted molar refractivity (Wildman–Crippen MR) is 211 cm³/mol. The number of ether oxygens (including phenoxy) is 1. The molecule has 18 nitrogen and oxygen atoms in total. The molecule has 7 rings (SSSR count). The number of anilines is 2. The van der Waals surface area contributed by atoms with Gasteiger partial charge >= 0.3 is 5.97 Å². The van der Waals surface area contributed by atoms with E-state index in [1.54, 1.807) is 6.07 Å². The Balaban J connectivity index is 1.01. The maximum absolute atomic E-state index is 13.4. The summed E-state index contributed by atoms with van der Waals surface area (Å²) < 4.78 is 118. The summed E-state index contributed by atoms with van der Waals surface area (Å²) in [5, 5.41) is 17.9. The van der Waals surface area contributed by atoms with Crippen molar-refractivity contribution in [3.8, 4) is 17.1 Å². The summed E-state index contributed by atoms with van der Waals surface area (Å²) in [7, 11) is -12.7. The summed E-state index contributed by atoms with van der Waals surface area (Å²) in [6.07, 6.45) is 4.78. The first-order valence-corrected chi connectivity index (χ1v) is 22.3. The SMILES string of the molecule is CS(=O)(=O)NC(=O)c1cc(OC2CN(Cc3ccc(NS(=O)(=O)c4cnn(-c5ccc(F)cc5)c4)c(C(=O)O)c3)C2)ccc1NS(=O)(=O)c1cnn(-c2ccc(F)cc2)c1. The fourth-order valence-corrected chi connectivity index (χ4v) is 8.46. The van der Waals surface area contributed by atoms with Crippen molar-refractivity contribution >= 4 is 53.3 Å². The molecule has 0 bridgehead atoms. The highest BCUT2D eigenvalue weighted by Crippen LogP contribution is 2.29. The highest BCUT2D eigenvalue weighted by molar-refractivity contribution is 7.93. The molecule has 1 fully saturated rings. The second-order valence-electron chi connectivity index (χ2n) is 13.4. The molecule has 1 aliphatic rings. The van der Waals surface area contributed by atoms with Crippen LogP contribution in [-0.2, 0) is 36.6 Å². The number of halogens is 2. The first-order chi connectivity index (χ1) is 28.3. The van der Waals surface area contributed by atoms with Crippen molar-refractivity contribution in [2.75, 3.05) is 28.8 Å². The zero-order valence-electron chi connectivity index (χ0n) is 30.9.